The van der Waals surface area contributed by atoms with Crippen molar-refractivity contribution >= 4 is 29.3 Å². The molecule has 0 unspecified atom stereocenters. The van der Waals surface area contributed by atoms with Crippen molar-refractivity contribution in [2.24, 2.45) is 5.92 Å². The van der Waals surface area contributed by atoms with Crippen LogP contribution in [0.5, 0.6) is 5.75 Å². The van der Waals surface area contributed by atoms with Gasteiger partial charge in [-0.1, -0.05) is 12.1 Å². The second kappa shape index (κ2) is 9.09. The Morgan fingerprint density at radius 2 is 1.66 bits per heavy atom. The molecule has 0 spiro atoms. The number of methoxy groups -OCH3 is 1. The number of anilines is 2. The molecule has 152 valence electrons. The Hall–Kier alpha value is -3.55. The van der Waals surface area contributed by atoms with Gasteiger partial charge in [-0.2, -0.15) is 0 Å². The van der Waals surface area contributed by atoms with Crippen LogP contribution in [0.25, 0.3) is 0 Å². The summed E-state index contributed by atoms with van der Waals surface area (Å²) in [6, 6.07) is 13.4. The number of carboxylic acids is 1. The minimum Gasteiger partial charge on any atom is -0.495 e. The van der Waals surface area contributed by atoms with Crippen molar-refractivity contribution in [1.82, 2.24) is 4.90 Å². The molecular formula is C21H23N3O5. The van der Waals surface area contributed by atoms with Gasteiger partial charge < -0.3 is 25.4 Å². The monoisotopic (exact) mass is 397 g/mol. The van der Waals surface area contributed by atoms with Gasteiger partial charge in [-0.25, -0.2) is 4.79 Å². The van der Waals surface area contributed by atoms with Gasteiger partial charge in [0.25, 0.3) is 5.91 Å². The van der Waals surface area contributed by atoms with Gasteiger partial charge in [0.15, 0.2) is 0 Å². The van der Waals surface area contributed by atoms with Gasteiger partial charge in [0.05, 0.1) is 18.7 Å². The summed E-state index contributed by atoms with van der Waals surface area (Å²) in [5.74, 6) is -0.924. The highest BCUT2D eigenvalue weighted by Crippen LogP contribution is 2.24. The molecule has 0 aliphatic carbocycles. The lowest BCUT2D eigenvalue weighted by Gasteiger charge is -2.30. The Morgan fingerprint density at radius 3 is 2.28 bits per heavy atom. The van der Waals surface area contributed by atoms with Crippen LogP contribution in [0.3, 0.4) is 0 Å². The molecule has 8 nitrogen and oxygen atoms in total. The van der Waals surface area contributed by atoms with Crippen molar-refractivity contribution in [3.05, 3.63) is 54.1 Å². The zero-order chi connectivity index (χ0) is 20.8. The van der Waals surface area contributed by atoms with E-state index in [-0.39, 0.29) is 17.9 Å². The molecule has 1 fully saturated rings. The summed E-state index contributed by atoms with van der Waals surface area (Å²) < 4.78 is 5.22. The standard InChI is InChI=1S/C21H23N3O5/c1-29-18-5-3-2-4-17(18)23-19(25)14-6-8-16(9-7-14)22-21(28)24-12-10-15(11-13-24)20(26)27/h2-9,15H,10-13H2,1H3,(H,22,28)(H,23,25)(H,26,27). The molecule has 2 aromatic carbocycles. The zero-order valence-electron chi connectivity index (χ0n) is 16.1. The third-order valence-electron chi connectivity index (χ3n) is 4.88. The number of likely N-dealkylation sites (tertiary alicyclic amines) is 1. The molecule has 1 aliphatic rings. The van der Waals surface area contributed by atoms with Gasteiger partial charge in [-0.3, -0.25) is 9.59 Å². The summed E-state index contributed by atoms with van der Waals surface area (Å²) in [4.78, 5) is 37.4. The summed E-state index contributed by atoms with van der Waals surface area (Å²) in [6.45, 7) is 0.810. The summed E-state index contributed by atoms with van der Waals surface area (Å²) >= 11 is 0. The van der Waals surface area contributed by atoms with E-state index in [2.05, 4.69) is 10.6 Å². The number of piperidine rings is 1. The molecule has 0 atom stereocenters. The van der Waals surface area contributed by atoms with Crippen molar-refractivity contribution < 1.29 is 24.2 Å². The number of ether oxygens (including phenoxy) is 1. The van der Waals surface area contributed by atoms with Crippen molar-refractivity contribution in [1.29, 1.82) is 0 Å². The highest BCUT2D eigenvalue weighted by atomic mass is 16.5. The predicted molar refractivity (Wildman–Crippen MR) is 108 cm³/mol. The summed E-state index contributed by atoms with van der Waals surface area (Å²) in [5, 5.41) is 14.6. The lowest BCUT2D eigenvalue weighted by atomic mass is 9.97. The first-order valence-corrected chi connectivity index (χ1v) is 9.31. The fourth-order valence-corrected chi connectivity index (χ4v) is 3.18. The Labute approximate surface area is 168 Å². The van der Waals surface area contributed by atoms with Crippen molar-refractivity contribution in [2.45, 2.75) is 12.8 Å². The summed E-state index contributed by atoms with van der Waals surface area (Å²) in [7, 11) is 1.53. The lowest BCUT2D eigenvalue weighted by molar-refractivity contribution is -0.143. The molecule has 1 heterocycles. The van der Waals surface area contributed by atoms with Crippen LogP contribution < -0.4 is 15.4 Å². The molecule has 3 amide bonds. The number of nitrogens with zero attached hydrogens (tertiary/aromatic N) is 1. The van der Waals surface area contributed by atoms with E-state index in [9.17, 15) is 14.4 Å². The van der Waals surface area contributed by atoms with Gasteiger partial charge in [-0.05, 0) is 49.2 Å². The third-order valence-corrected chi connectivity index (χ3v) is 4.88. The number of aliphatic carboxylic acids is 1. The number of carboxylic acid groups (broad SMARTS) is 1. The SMILES string of the molecule is COc1ccccc1NC(=O)c1ccc(NC(=O)N2CCC(C(=O)O)CC2)cc1. The number of para-hydroxylation sites is 2. The second-order valence-corrected chi connectivity index (χ2v) is 6.76. The fraction of sp³-hybridized carbons (Fsp3) is 0.286. The normalized spacial score (nSPS) is 14.2. The van der Waals surface area contributed by atoms with Crippen molar-refractivity contribution in [3.8, 4) is 5.75 Å². The fourth-order valence-electron chi connectivity index (χ4n) is 3.18. The predicted octanol–water partition coefficient (Wildman–Crippen LogP) is 3.28. The first-order valence-electron chi connectivity index (χ1n) is 9.31. The molecule has 0 saturated carbocycles. The van der Waals surface area contributed by atoms with Crippen LogP contribution in [0.15, 0.2) is 48.5 Å². The van der Waals surface area contributed by atoms with E-state index < -0.39 is 5.97 Å². The molecule has 1 aliphatic heterocycles. The minimum atomic E-state index is -0.813. The van der Waals surface area contributed by atoms with Crippen molar-refractivity contribution in [3.63, 3.8) is 0 Å². The van der Waals surface area contributed by atoms with E-state index in [4.69, 9.17) is 9.84 Å². The van der Waals surface area contributed by atoms with Crippen LogP contribution in [-0.2, 0) is 4.79 Å². The molecule has 2 aromatic rings. The number of hydrogen-bond donors (Lipinski definition) is 3. The Morgan fingerprint density at radius 1 is 1.00 bits per heavy atom. The molecule has 0 radical (unpaired) electrons. The summed E-state index contributed by atoms with van der Waals surface area (Å²) in [5.41, 5.74) is 1.57. The Balaban J connectivity index is 1.56. The van der Waals surface area contributed by atoms with Gasteiger partial charge >= 0.3 is 12.0 Å². The first kappa shape index (κ1) is 20.2. The van der Waals surface area contributed by atoms with Crippen LogP contribution in [0, 0.1) is 5.92 Å². The van der Waals surface area contributed by atoms with Crippen LogP contribution in [0.1, 0.15) is 23.2 Å². The number of carbonyl (C=O) groups excluding carboxylic acids is 2. The smallest absolute Gasteiger partial charge is 0.321 e. The second-order valence-electron chi connectivity index (χ2n) is 6.76. The maximum atomic E-state index is 12.4. The number of rotatable bonds is 5. The van der Waals surface area contributed by atoms with Crippen LogP contribution >= 0.6 is 0 Å². The largest absolute Gasteiger partial charge is 0.495 e. The number of nitrogens with one attached hydrogen (secondary N) is 2. The zero-order valence-corrected chi connectivity index (χ0v) is 16.1. The van der Waals surface area contributed by atoms with E-state index in [1.807, 2.05) is 6.07 Å². The molecule has 0 aromatic heterocycles. The van der Waals surface area contributed by atoms with Crippen molar-refractivity contribution in [2.75, 3.05) is 30.8 Å². The number of carbonyl (C=O) groups is 3. The average molecular weight is 397 g/mol. The first-order chi connectivity index (χ1) is 14.0. The maximum Gasteiger partial charge on any atom is 0.321 e. The molecule has 1 saturated heterocycles. The van der Waals surface area contributed by atoms with Gasteiger partial charge in [0.2, 0.25) is 0 Å². The van der Waals surface area contributed by atoms with Crippen LogP contribution in [0.4, 0.5) is 16.2 Å². The Bertz CT molecular complexity index is 889. The van der Waals surface area contributed by atoms with E-state index in [0.717, 1.165) is 0 Å². The summed E-state index contributed by atoms with van der Waals surface area (Å²) in [6.07, 6.45) is 0.898. The molecule has 3 N–H and O–H groups in total. The van der Waals surface area contributed by atoms with E-state index in [1.165, 1.54) is 7.11 Å². The van der Waals surface area contributed by atoms with Crippen LogP contribution in [-0.4, -0.2) is 48.1 Å². The van der Waals surface area contributed by atoms with E-state index >= 15 is 0 Å². The van der Waals surface area contributed by atoms with Crippen LogP contribution in [0.2, 0.25) is 0 Å². The maximum absolute atomic E-state index is 12.4. The van der Waals surface area contributed by atoms with Gasteiger partial charge in [0.1, 0.15) is 5.75 Å². The molecule has 8 heteroatoms. The highest BCUT2D eigenvalue weighted by molar-refractivity contribution is 6.05. The molecular weight excluding hydrogens is 374 g/mol. The number of benzene rings is 2. The van der Waals surface area contributed by atoms with Gasteiger partial charge in [0, 0.05) is 24.3 Å². The average Bonchev–Trinajstić information content (AvgIpc) is 2.74. The molecule has 29 heavy (non-hydrogen) atoms. The quantitative estimate of drug-likeness (QED) is 0.718. The molecule has 3 rings (SSSR count). The Kier molecular flexibility index (Phi) is 6.33. The highest BCUT2D eigenvalue weighted by Gasteiger charge is 2.27. The third kappa shape index (κ3) is 5.04. The number of hydrogen-bond acceptors (Lipinski definition) is 4. The topological polar surface area (TPSA) is 108 Å². The number of urea groups is 1. The lowest BCUT2D eigenvalue weighted by Crippen LogP contribution is -2.42. The van der Waals surface area contributed by atoms with E-state index in [1.54, 1.807) is 47.4 Å². The van der Waals surface area contributed by atoms with E-state index in [0.29, 0.717) is 48.6 Å². The molecule has 0 bridgehead atoms. The number of amides is 3. The minimum absolute atomic E-state index is 0.278. The van der Waals surface area contributed by atoms with Gasteiger partial charge in [-0.15, -0.1) is 0 Å².